The second kappa shape index (κ2) is 10.1. The Bertz CT molecular complexity index is 1690. The number of hydrogen-bond acceptors (Lipinski definition) is 6. The number of ether oxygens (including phenoxy) is 1. The molecule has 1 aliphatic carbocycles. The maximum Gasteiger partial charge on any atom is 0.281 e. The molecule has 236 valence electrons. The second-order valence-electron chi connectivity index (χ2n) is 14.0. The number of hydrogen-bond donors (Lipinski definition) is 3. The number of benzene rings is 2. The molecule has 0 spiro atoms. The van der Waals surface area contributed by atoms with Crippen LogP contribution in [-0.2, 0) is 32.0 Å². The van der Waals surface area contributed by atoms with Gasteiger partial charge in [0.2, 0.25) is 17.5 Å². The summed E-state index contributed by atoms with van der Waals surface area (Å²) in [7, 11) is 2.07. The standard InChI is InChI=1S/C35H41N5O5/c1-20(2)34(37-31(41)23-16-25-24-11-7-12-26-30(24)22(18-36-26)17-27(25)38(3)19-23)33(43)40-28(15-21-9-5-4-6-10-21)32(42)39-14-8-13-29(39)35(40,44)45-34/h4-7,9-12,18,20,23,25,27-29,36,44H,8,13-17,19H2,1-3H3,(H,37,41)/t23-,25-,27+,28+,29+,34-,35+/m1/s1. The zero-order valence-electron chi connectivity index (χ0n) is 26.0. The first kappa shape index (κ1) is 28.7. The van der Waals surface area contributed by atoms with Crippen molar-refractivity contribution in [2.75, 3.05) is 20.1 Å². The smallest absolute Gasteiger partial charge is 0.281 e. The lowest BCUT2D eigenvalue weighted by atomic mass is 9.72. The molecular weight excluding hydrogens is 570 g/mol. The quantitative estimate of drug-likeness (QED) is 0.409. The van der Waals surface area contributed by atoms with E-state index < -0.39 is 41.5 Å². The Morgan fingerprint density at radius 1 is 1.16 bits per heavy atom. The van der Waals surface area contributed by atoms with Gasteiger partial charge in [-0.05, 0) is 55.5 Å². The highest BCUT2D eigenvalue weighted by atomic mass is 16.7. The highest BCUT2D eigenvalue weighted by molar-refractivity contribution is 5.98. The summed E-state index contributed by atoms with van der Waals surface area (Å²) in [6.45, 7) is 4.68. The van der Waals surface area contributed by atoms with Crippen molar-refractivity contribution in [2.45, 2.75) is 81.6 Å². The minimum Gasteiger partial charge on any atom is -0.361 e. The van der Waals surface area contributed by atoms with E-state index in [1.807, 2.05) is 44.2 Å². The van der Waals surface area contributed by atoms with Crippen LogP contribution in [0.3, 0.4) is 0 Å². The fourth-order valence-corrected chi connectivity index (χ4v) is 8.99. The first-order valence-corrected chi connectivity index (χ1v) is 16.3. The van der Waals surface area contributed by atoms with Crippen LogP contribution in [0.5, 0.6) is 0 Å². The van der Waals surface area contributed by atoms with Gasteiger partial charge in [0.25, 0.3) is 11.8 Å². The van der Waals surface area contributed by atoms with Crippen LogP contribution in [0.25, 0.3) is 10.9 Å². The minimum atomic E-state index is -2.04. The van der Waals surface area contributed by atoms with Crippen LogP contribution in [0.2, 0.25) is 0 Å². The first-order valence-electron chi connectivity index (χ1n) is 16.3. The van der Waals surface area contributed by atoms with E-state index in [0.717, 1.165) is 17.5 Å². The predicted octanol–water partition coefficient (Wildman–Crippen LogP) is 2.72. The highest BCUT2D eigenvalue weighted by Crippen LogP contribution is 2.49. The molecule has 3 amide bonds. The number of amides is 3. The van der Waals surface area contributed by atoms with Crippen molar-refractivity contribution < 1.29 is 24.2 Å². The molecule has 0 bridgehead atoms. The molecule has 4 saturated heterocycles. The summed E-state index contributed by atoms with van der Waals surface area (Å²) in [6.07, 6.45) is 5.12. The third kappa shape index (κ3) is 4.08. The summed E-state index contributed by atoms with van der Waals surface area (Å²) < 4.78 is 6.51. The van der Waals surface area contributed by atoms with E-state index >= 15 is 0 Å². The number of aliphatic hydroxyl groups is 1. The van der Waals surface area contributed by atoms with Crippen LogP contribution in [0.4, 0.5) is 0 Å². The number of carbonyl (C=O) groups is 3. The lowest BCUT2D eigenvalue weighted by Crippen LogP contribution is -2.71. The average molecular weight is 612 g/mol. The van der Waals surface area contributed by atoms with Crippen molar-refractivity contribution in [3.05, 3.63) is 71.4 Å². The molecule has 4 aliphatic heterocycles. The summed E-state index contributed by atoms with van der Waals surface area (Å²) in [5.41, 5.74) is 2.75. The van der Waals surface area contributed by atoms with Gasteiger partial charge in [-0.3, -0.25) is 24.0 Å². The van der Waals surface area contributed by atoms with E-state index in [4.69, 9.17) is 4.74 Å². The van der Waals surface area contributed by atoms with Crippen molar-refractivity contribution >= 4 is 28.6 Å². The number of nitrogens with zero attached hydrogens (tertiary/aromatic N) is 3. The SMILES string of the molecule is CC(C)[C@@]1(NC(=O)[C@@H]2C[C@@H]3c4cccc5[nH]cc(c45)C[C@@H]3N(C)C2)O[C@@]2(O)[C@@H]3CCCN3C(=O)[C@H](Cc3ccccc3)N2C1=O. The van der Waals surface area contributed by atoms with E-state index in [-0.39, 0.29) is 30.2 Å². The molecule has 10 heteroatoms. The lowest BCUT2D eigenvalue weighted by molar-refractivity contribution is -0.321. The van der Waals surface area contributed by atoms with Crippen molar-refractivity contribution in [2.24, 2.45) is 11.8 Å². The summed E-state index contributed by atoms with van der Waals surface area (Å²) in [6, 6.07) is 14.5. The van der Waals surface area contributed by atoms with Gasteiger partial charge in [-0.15, -0.1) is 0 Å². The van der Waals surface area contributed by atoms with Gasteiger partial charge in [0.05, 0.1) is 5.92 Å². The van der Waals surface area contributed by atoms with Gasteiger partial charge in [-0.2, -0.15) is 0 Å². The third-order valence-corrected chi connectivity index (χ3v) is 11.2. The van der Waals surface area contributed by atoms with Crippen molar-refractivity contribution in [1.29, 1.82) is 0 Å². The molecule has 4 fully saturated rings. The van der Waals surface area contributed by atoms with E-state index in [2.05, 4.69) is 46.6 Å². The Kier molecular flexibility index (Phi) is 6.47. The molecule has 10 nitrogen and oxygen atoms in total. The monoisotopic (exact) mass is 611 g/mol. The normalized spacial score (nSPS) is 34.3. The minimum absolute atomic E-state index is 0.164. The van der Waals surface area contributed by atoms with Crippen molar-refractivity contribution in [3.63, 3.8) is 0 Å². The number of nitrogens with one attached hydrogen (secondary N) is 2. The zero-order valence-corrected chi connectivity index (χ0v) is 26.0. The second-order valence-corrected chi connectivity index (χ2v) is 14.0. The van der Waals surface area contributed by atoms with Crippen LogP contribution in [0.15, 0.2) is 54.7 Å². The maximum atomic E-state index is 14.6. The Labute approximate surface area is 262 Å². The predicted molar refractivity (Wildman–Crippen MR) is 167 cm³/mol. The van der Waals surface area contributed by atoms with Gasteiger partial charge in [-0.1, -0.05) is 56.3 Å². The molecule has 45 heavy (non-hydrogen) atoms. The number of likely N-dealkylation sites (N-methyl/N-ethyl adjacent to an activating group) is 1. The molecule has 8 rings (SSSR count). The fourth-order valence-electron chi connectivity index (χ4n) is 8.99. The van der Waals surface area contributed by atoms with Gasteiger partial charge in [0, 0.05) is 54.5 Å². The number of piperazine rings is 1. The van der Waals surface area contributed by atoms with Crippen molar-refractivity contribution in [1.82, 2.24) is 25.0 Å². The molecule has 0 saturated carbocycles. The summed E-state index contributed by atoms with van der Waals surface area (Å²) in [4.78, 5) is 51.4. The molecular formula is C35H41N5O5. The van der Waals surface area contributed by atoms with Crippen LogP contribution in [0, 0.1) is 11.8 Å². The number of fused-ring (bicyclic) bond motifs is 5. The molecule has 3 aromatic rings. The van der Waals surface area contributed by atoms with Gasteiger partial charge in [0.15, 0.2) is 0 Å². The first-order chi connectivity index (χ1) is 21.6. The van der Waals surface area contributed by atoms with Gasteiger partial charge < -0.3 is 25.2 Å². The Balaban J connectivity index is 1.12. The van der Waals surface area contributed by atoms with Crippen LogP contribution in [0.1, 0.15) is 55.7 Å². The third-order valence-electron chi connectivity index (χ3n) is 11.2. The van der Waals surface area contributed by atoms with E-state index in [1.54, 1.807) is 4.90 Å². The Morgan fingerprint density at radius 2 is 1.96 bits per heavy atom. The topological polar surface area (TPSA) is 118 Å². The largest absolute Gasteiger partial charge is 0.361 e. The molecule has 0 radical (unpaired) electrons. The zero-order chi connectivity index (χ0) is 31.2. The Morgan fingerprint density at radius 3 is 2.73 bits per heavy atom. The summed E-state index contributed by atoms with van der Waals surface area (Å²) in [5.74, 6) is -3.80. The lowest BCUT2D eigenvalue weighted by Gasteiger charge is -2.48. The van der Waals surface area contributed by atoms with Crippen molar-refractivity contribution in [3.8, 4) is 0 Å². The molecule has 1 aromatic heterocycles. The van der Waals surface area contributed by atoms with E-state index in [0.29, 0.717) is 32.4 Å². The highest BCUT2D eigenvalue weighted by Gasteiger charge is 2.72. The molecule has 5 heterocycles. The van der Waals surface area contributed by atoms with E-state index in [1.165, 1.54) is 21.4 Å². The van der Waals surface area contributed by atoms with E-state index in [9.17, 15) is 19.5 Å². The molecule has 5 aliphatic rings. The Hall–Kier alpha value is -3.73. The number of piperidine rings is 1. The van der Waals surface area contributed by atoms with Crippen LogP contribution < -0.4 is 5.32 Å². The summed E-state index contributed by atoms with van der Waals surface area (Å²) >= 11 is 0. The summed E-state index contributed by atoms with van der Waals surface area (Å²) in [5, 5.41) is 16.6. The van der Waals surface area contributed by atoms with Gasteiger partial charge in [0.1, 0.15) is 12.1 Å². The number of carbonyl (C=O) groups excluding carboxylic acids is 3. The molecule has 7 atom stereocenters. The average Bonchev–Trinajstić information content (AvgIpc) is 3.74. The fraction of sp³-hybridized carbons (Fsp3) is 0.514. The molecule has 2 aromatic carbocycles. The van der Waals surface area contributed by atoms with Gasteiger partial charge >= 0.3 is 0 Å². The van der Waals surface area contributed by atoms with Gasteiger partial charge in [-0.25, -0.2) is 0 Å². The molecule has 0 unspecified atom stereocenters. The number of H-pyrrole nitrogens is 1. The maximum absolute atomic E-state index is 14.6. The van der Waals surface area contributed by atoms with Crippen LogP contribution in [-0.4, -0.2) is 92.4 Å². The molecule has 3 N–H and O–H groups in total. The number of likely N-dealkylation sites (tertiary alicyclic amines) is 1. The van der Waals surface area contributed by atoms with Crippen LogP contribution >= 0.6 is 0 Å². The number of aromatic amines is 1. The number of rotatable bonds is 5. The number of aromatic nitrogens is 1.